The van der Waals surface area contributed by atoms with Crippen molar-refractivity contribution in [3.8, 4) is 0 Å². The zero-order valence-electron chi connectivity index (χ0n) is 13.5. The monoisotopic (exact) mass is 375 g/mol. The summed E-state index contributed by atoms with van der Waals surface area (Å²) in [5.41, 5.74) is 6.40. The molecule has 26 heavy (non-hydrogen) atoms. The number of oxime groups is 1. The predicted molar refractivity (Wildman–Crippen MR) is 93.9 cm³/mol. The number of hydrazine groups is 1. The van der Waals surface area contributed by atoms with E-state index in [4.69, 9.17) is 16.4 Å². The molecule has 0 fully saturated rings. The molecule has 1 atom stereocenters. The van der Waals surface area contributed by atoms with E-state index in [0.717, 1.165) is 5.56 Å². The topological polar surface area (TPSA) is 79.8 Å². The lowest BCUT2D eigenvalue weighted by Crippen LogP contribution is -2.47. The number of nitrogens with zero attached hydrogens (tertiary/aromatic N) is 1. The second-order valence-corrected chi connectivity index (χ2v) is 6.12. The van der Waals surface area contributed by atoms with E-state index in [-0.39, 0.29) is 18.7 Å². The van der Waals surface area contributed by atoms with Gasteiger partial charge in [0.25, 0.3) is 5.91 Å². The fourth-order valence-electron chi connectivity index (χ4n) is 2.40. The number of nitrogens with one attached hydrogen (secondary N) is 2. The fraction of sp³-hybridized carbons (Fsp3) is 0.167. The van der Waals surface area contributed by atoms with Gasteiger partial charge in [-0.15, -0.1) is 0 Å². The molecule has 3 rings (SSSR count). The number of halogens is 2. The molecule has 2 aromatic carbocycles. The van der Waals surface area contributed by atoms with Gasteiger partial charge in [0.15, 0.2) is 0 Å². The molecule has 8 heteroatoms. The molecule has 6 nitrogen and oxygen atoms in total. The van der Waals surface area contributed by atoms with Crippen LogP contribution in [0.25, 0.3) is 0 Å². The standard InChI is InChI=1S/C18H15ClFN3O3/c19-13-6-4-11(5-7-13)8-17(24)21-22-18(25)16-10-15(23-26-16)12-2-1-3-14(20)9-12/h1-7,9,16H,8,10H2,(H,21,24)(H,22,25)/t16-/m0/s1. The van der Waals surface area contributed by atoms with Gasteiger partial charge in [-0.05, 0) is 29.8 Å². The van der Waals surface area contributed by atoms with Crippen LogP contribution in [0.4, 0.5) is 4.39 Å². The van der Waals surface area contributed by atoms with Gasteiger partial charge in [-0.25, -0.2) is 4.39 Å². The molecule has 0 saturated heterocycles. The molecule has 2 aromatic rings. The molecule has 0 bridgehead atoms. The zero-order valence-corrected chi connectivity index (χ0v) is 14.3. The van der Waals surface area contributed by atoms with Gasteiger partial charge >= 0.3 is 0 Å². The summed E-state index contributed by atoms with van der Waals surface area (Å²) in [6, 6.07) is 12.7. The highest BCUT2D eigenvalue weighted by Crippen LogP contribution is 2.17. The average molecular weight is 376 g/mol. The van der Waals surface area contributed by atoms with Crippen molar-refractivity contribution in [1.29, 1.82) is 0 Å². The molecule has 0 unspecified atom stereocenters. The summed E-state index contributed by atoms with van der Waals surface area (Å²) in [7, 11) is 0. The number of carbonyl (C=O) groups excluding carboxylic acids is 2. The Kier molecular flexibility index (Phi) is 5.48. The van der Waals surface area contributed by atoms with Gasteiger partial charge in [0.1, 0.15) is 5.82 Å². The van der Waals surface area contributed by atoms with Gasteiger partial charge in [-0.1, -0.05) is 41.0 Å². The second-order valence-electron chi connectivity index (χ2n) is 5.69. The first-order valence-electron chi connectivity index (χ1n) is 7.83. The van der Waals surface area contributed by atoms with E-state index >= 15 is 0 Å². The van der Waals surface area contributed by atoms with Crippen LogP contribution in [0.5, 0.6) is 0 Å². The third-order valence-corrected chi connectivity index (χ3v) is 3.97. The Labute approximate surface area is 153 Å². The number of hydrogen-bond acceptors (Lipinski definition) is 4. The lowest BCUT2D eigenvalue weighted by atomic mass is 10.0. The van der Waals surface area contributed by atoms with Crippen LogP contribution < -0.4 is 10.9 Å². The largest absolute Gasteiger partial charge is 0.382 e. The summed E-state index contributed by atoms with van der Waals surface area (Å²) in [5, 5.41) is 4.40. The van der Waals surface area contributed by atoms with E-state index in [0.29, 0.717) is 16.3 Å². The van der Waals surface area contributed by atoms with Crippen LogP contribution in [-0.4, -0.2) is 23.6 Å². The first kappa shape index (κ1) is 17.9. The minimum Gasteiger partial charge on any atom is -0.382 e. The quantitative estimate of drug-likeness (QED) is 0.805. The number of amides is 2. The predicted octanol–water partition coefficient (Wildman–Crippen LogP) is 2.36. The smallest absolute Gasteiger partial charge is 0.282 e. The molecule has 2 N–H and O–H groups in total. The van der Waals surface area contributed by atoms with Gasteiger partial charge in [0, 0.05) is 17.0 Å². The van der Waals surface area contributed by atoms with E-state index < -0.39 is 17.8 Å². The molecule has 0 spiro atoms. The Morgan fingerprint density at radius 2 is 1.96 bits per heavy atom. The third-order valence-electron chi connectivity index (χ3n) is 3.72. The highest BCUT2D eigenvalue weighted by Gasteiger charge is 2.29. The first-order valence-corrected chi connectivity index (χ1v) is 8.21. The van der Waals surface area contributed by atoms with Crippen LogP contribution in [-0.2, 0) is 20.8 Å². The minimum absolute atomic E-state index is 0.0913. The molecule has 0 saturated carbocycles. The van der Waals surface area contributed by atoms with Crippen LogP contribution in [0.15, 0.2) is 53.7 Å². The summed E-state index contributed by atoms with van der Waals surface area (Å²) in [6.07, 6.45) is -0.611. The molecular weight excluding hydrogens is 361 g/mol. The highest BCUT2D eigenvalue weighted by atomic mass is 35.5. The maximum absolute atomic E-state index is 13.3. The first-order chi connectivity index (χ1) is 12.5. The van der Waals surface area contributed by atoms with Crippen LogP contribution in [0, 0.1) is 5.82 Å². The van der Waals surface area contributed by atoms with E-state index in [1.807, 2.05) is 0 Å². The van der Waals surface area contributed by atoms with Crippen molar-refractivity contribution in [2.45, 2.75) is 18.9 Å². The van der Waals surface area contributed by atoms with Crippen molar-refractivity contribution in [3.05, 3.63) is 70.5 Å². The van der Waals surface area contributed by atoms with Crippen molar-refractivity contribution in [2.75, 3.05) is 0 Å². The summed E-state index contributed by atoms with van der Waals surface area (Å²) in [6.45, 7) is 0. The van der Waals surface area contributed by atoms with Crippen LogP contribution in [0.3, 0.4) is 0 Å². The molecular formula is C18H15ClFN3O3. The summed E-state index contributed by atoms with van der Waals surface area (Å²) in [4.78, 5) is 29.0. The Morgan fingerprint density at radius 3 is 2.69 bits per heavy atom. The van der Waals surface area contributed by atoms with Crippen molar-refractivity contribution in [1.82, 2.24) is 10.9 Å². The van der Waals surface area contributed by atoms with Gasteiger partial charge in [-0.3, -0.25) is 20.4 Å². The molecule has 0 aromatic heterocycles. The Morgan fingerprint density at radius 1 is 1.19 bits per heavy atom. The Bertz CT molecular complexity index is 855. The number of carbonyl (C=O) groups is 2. The van der Waals surface area contributed by atoms with Crippen LogP contribution in [0.1, 0.15) is 17.5 Å². The van der Waals surface area contributed by atoms with E-state index in [1.165, 1.54) is 12.1 Å². The molecule has 134 valence electrons. The average Bonchev–Trinajstić information content (AvgIpc) is 3.12. The summed E-state index contributed by atoms with van der Waals surface area (Å²) in [5.74, 6) is -1.32. The molecule has 2 amide bonds. The van der Waals surface area contributed by atoms with Gasteiger partial charge in [0.05, 0.1) is 12.1 Å². The normalized spacial score (nSPS) is 15.8. The molecule has 1 heterocycles. The Hall–Kier alpha value is -2.93. The van der Waals surface area contributed by atoms with Crippen LogP contribution in [0.2, 0.25) is 5.02 Å². The van der Waals surface area contributed by atoms with E-state index in [2.05, 4.69) is 16.0 Å². The fourth-order valence-corrected chi connectivity index (χ4v) is 2.53. The van der Waals surface area contributed by atoms with Gasteiger partial charge in [-0.2, -0.15) is 0 Å². The lowest BCUT2D eigenvalue weighted by Gasteiger charge is -2.10. The van der Waals surface area contributed by atoms with Crippen molar-refractivity contribution in [3.63, 3.8) is 0 Å². The SMILES string of the molecule is O=C(Cc1ccc(Cl)cc1)NNC(=O)[C@@H]1CC(c2cccc(F)c2)=NO1. The Balaban J connectivity index is 1.47. The molecule has 0 aliphatic carbocycles. The molecule has 1 aliphatic heterocycles. The maximum atomic E-state index is 13.3. The number of hydrogen-bond donors (Lipinski definition) is 2. The van der Waals surface area contributed by atoms with E-state index in [9.17, 15) is 14.0 Å². The van der Waals surface area contributed by atoms with Gasteiger partial charge < -0.3 is 4.84 Å². The summed E-state index contributed by atoms with van der Waals surface area (Å²) >= 11 is 5.79. The molecule has 1 aliphatic rings. The number of benzene rings is 2. The third kappa shape index (κ3) is 4.58. The van der Waals surface area contributed by atoms with Crippen LogP contribution >= 0.6 is 11.6 Å². The van der Waals surface area contributed by atoms with Crippen molar-refractivity contribution in [2.24, 2.45) is 5.16 Å². The van der Waals surface area contributed by atoms with E-state index in [1.54, 1.807) is 36.4 Å². The highest BCUT2D eigenvalue weighted by molar-refractivity contribution is 6.30. The number of rotatable bonds is 4. The molecule has 0 radical (unpaired) electrons. The van der Waals surface area contributed by atoms with Crippen molar-refractivity contribution >= 4 is 29.1 Å². The zero-order chi connectivity index (χ0) is 18.5. The minimum atomic E-state index is -0.885. The second kappa shape index (κ2) is 7.97. The van der Waals surface area contributed by atoms with Gasteiger partial charge in [0.2, 0.25) is 12.0 Å². The van der Waals surface area contributed by atoms with Crippen molar-refractivity contribution < 1.29 is 18.8 Å². The maximum Gasteiger partial charge on any atom is 0.282 e. The summed E-state index contributed by atoms with van der Waals surface area (Å²) < 4.78 is 13.3. The lowest BCUT2D eigenvalue weighted by molar-refractivity contribution is -0.135.